The van der Waals surface area contributed by atoms with E-state index < -0.39 is 134 Å². The summed E-state index contributed by atoms with van der Waals surface area (Å²) >= 11 is 0. The number of esters is 1. The van der Waals surface area contributed by atoms with Crippen LogP contribution in [0, 0.1) is 56.7 Å². The summed E-state index contributed by atoms with van der Waals surface area (Å²) in [5.74, 6) is -0.386. The minimum Gasteiger partial charge on any atom is -0.432 e. The van der Waals surface area contributed by atoms with Crippen LogP contribution in [0.3, 0.4) is 0 Å². The molecule has 0 amide bonds. The quantitative estimate of drug-likeness (QED) is 0.0971. The fourth-order valence-corrected chi connectivity index (χ4v) is 15.2. The van der Waals surface area contributed by atoms with Crippen molar-refractivity contribution in [2.45, 2.75) is 204 Å². The Kier molecular flexibility index (Phi) is 14.4. The molecule has 0 aromatic heterocycles. The number of fused-ring (bicyclic) bond motifs is 7. The minimum atomic E-state index is -1.86. The maximum Gasteiger partial charge on any atom is 0.315 e. The summed E-state index contributed by atoms with van der Waals surface area (Å²) in [6.45, 7) is 13.0. The smallest absolute Gasteiger partial charge is 0.315 e. The summed E-state index contributed by atoms with van der Waals surface area (Å²) in [6.07, 6.45) is -18.9. The number of aliphatic hydroxyl groups excluding tert-OH is 12. The van der Waals surface area contributed by atoms with Crippen LogP contribution >= 0.6 is 0 Å². The zero-order chi connectivity index (χ0) is 49.1. The van der Waals surface area contributed by atoms with Gasteiger partial charge in [-0.25, -0.2) is 0 Å². The van der Waals surface area contributed by atoms with Crippen molar-refractivity contribution in [3.05, 3.63) is 11.6 Å². The summed E-state index contributed by atoms with van der Waals surface area (Å²) < 4.78 is 34.7. The lowest BCUT2D eigenvalue weighted by atomic mass is 9.33. The molecule has 3 aliphatic heterocycles. The van der Waals surface area contributed by atoms with E-state index in [1.165, 1.54) is 12.5 Å². The summed E-state index contributed by atoms with van der Waals surface area (Å²) in [7, 11) is 0. The van der Waals surface area contributed by atoms with Gasteiger partial charge in [0.15, 0.2) is 12.6 Å². The molecule has 7 fully saturated rings. The molecule has 0 aromatic rings. The van der Waals surface area contributed by atoms with Crippen molar-refractivity contribution < 1.29 is 94.5 Å². The second-order valence-electron chi connectivity index (χ2n) is 22.9. The molecular weight excluding hydrogens is 881 g/mol. The molecule has 3 heterocycles. The maximum atomic E-state index is 15.0. The van der Waals surface area contributed by atoms with E-state index in [0.717, 1.165) is 19.3 Å². The molecule has 27 atom stereocenters. The average molecular weight is 959 g/mol. The number of carbonyl (C=O) groups excluding carboxylic acids is 1. The first kappa shape index (κ1) is 51.9. The molecule has 19 nitrogen and oxygen atoms in total. The fourth-order valence-electron chi connectivity index (χ4n) is 15.2. The first-order valence-corrected chi connectivity index (χ1v) is 24.5. The number of rotatable bonds is 9. The highest BCUT2D eigenvalue weighted by Gasteiger charge is 2.71. The van der Waals surface area contributed by atoms with Gasteiger partial charge in [0.1, 0.15) is 67.1 Å². The van der Waals surface area contributed by atoms with E-state index >= 15 is 4.79 Å². The Morgan fingerprint density at radius 3 is 2.01 bits per heavy atom. The first-order chi connectivity index (χ1) is 31.4. The monoisotopic (exact) mass is 959 g/mol. The van der Waals surface area contributed by atoms with Gasteiger partial charge in [-0.15, -0.1) is 0 Å². The van der Waals surface area contributed by atoms with Gasteiger partial charge in [0.25, 0.3) is 0 Å². The molecule has 3 saturated heterocycles. The normalized spacial score (nSPS) is 56.7. The summed E-state index contributed by atoms with van der Waals surface area (Å²) in [4.78, 5) is 15.0. The molecule has 5 aliphatic carbocycles. The predicted octanol–water partition coefficient (Wildman–Crippen LogP) is -1.03. The van der Waals surface area contributed by atoms with Crippen molar-refractivity contribution in [3.8, 4) is 0 Å². The van der Waals surface area contributed by atoms with E-state index in [2.05, 4.69) is 40.7 Å². The molecule has 0 bridgehead atoms. The van der Waals surface area contributed by atoms with Gasteiger partial charge in [-0.3, -0.25) is 4.79 Å². The molecule has 8 aliphatic rings. The van der Waals surface area contributed by atoms with Crippen LogP contribution in [0.5, 0.6) is 0 Å². The van der Waals surface area contributed by atoms with Gasteiger partial charge in [0.05, 0.1) is 43.5 Å². The third-order valence-electron chi connectivity index (χ3n) is 19.7. The highest BCUT2D eigenvalue weighted by Crippen LogP contribution is 2.76. The third kappa shape index (κ3) is 7.92. The lowest BCUT2D eigenvalue weighted by molar-refractivity contribution is -0.361. The Bertz CT molecular complexity index is 1820. The molecule has 19 heteroatoms. The lowest BCUT2D eigenvalue weighted by Crippen LogP contribution is -2.68. The van der Waals surface area contributed by atoms with Crippen molar-refractivity contribution in [1.29, 1.82) is 0 Å². The Morgan fingerprint density at radius 1 is 0.701 bits per heavy atom. The van der Waals surface area contributed by atoms with Crippen LogP contribution in [-0.2, 0) is 33.2 Å². The Morgan fingerprint density at radius 2 is 1.34 bits per heavy atom. The van der Waals surface area contributed by atoms with Crippen molar-refractivity contribution in [2.75, 3.05) is 19.8 Å². The van der Waals surface area contributed by atoms with Crippen LogP contribution in [0.1, 0.15) is 99.8 Å². The second-order valence-corrected chi connectivity index (χ2v) is 22.9. The van der Waals surface area contributed by atoms with Crippen LogP contribution in [-0.4, -0.2) is 191 Å². The van der Waals surface area contributed by atoms with Gasteiger partial charge < -0.3 is 89.7 Å². The molecule has 0 radical (unpaired) electrons. The first-order valence-electron chi connectivity index (χ1n) is 24.5. The van der Waals surface area contributed by atoms with Gasteiger partial charge in [0.2, 0.25) is 6.29 Å². The van der Waals surface area contributed by atoms with Crippen LogP contribution in [0.25, 0.3) is 0 Å². The van der Waals surface area contributed by atoms with E-state index in [9.17, 15) is 61.3 Å². The number of hydrogen-bond donors (Lipinski definition) is 12. The van der Waals surface area contributed by atoms with Crippen molar-refractivity contribution >= 4 is 5.97 Å². The van der Waals surface area contributed by atoms with E-state index in [4.69, 9.17) is 28.4 Å². The summed E-state index contributed by atoms with van der Waals surface area (Å²) in [5, 5.41) is 130. The summed E-state index contributed by atoms with van der Waals surface area (Å²) in [6, 6.07) is 0. The molecule has 3 unspecified atom stereocenters. The van der Waals surface area contributed by atoms with Crippen molar-refractivity contribution in [2.24, 2.45) is 56.7 Å². The van der Waals surface area contributed by atoms with Gasteiger partial charge in [0, 0.05) is 5.41 Å². The minimum absolute atomic E-state index is 0.0112. The van der Waals surface area contributed by atoms with E-state index in [1.54, 1.807) is 0 Å². The van der Waals surface area contributed by atoms with Gasteiger partial charge >= 0.3 is 5.97 Å². The van der Waals surface area contributed by atoms with Gasteiger partial charge in [-0.05, 0) is 104 Å². The Hall–Kier alpha value is -1.47. The predicted molar refractivity (Wildman–Crippen MR) is 231 cm³/mol. The topological polar surface area (TPSA) is 315 Å². The average Bonchev–Trinajstić information content (AvgIpc) is 3.29. The van der Waals surface area contributed by atoms with Gasteiger partial charge in [-0.2, -0.15) is 0 Å². The van der Waals surface area contributed by atoms with E-state index in [-0.39, 0.29) is 52.4 Å². The molecule has 12 N–H and O–H groups in total. The number of hydrogen-bond acceptors (Lipinski definition) is 19. The lowest BCUT2D eigenvalue weighted by Gasteiger charge is -2.71. The van der Waals surface area contributed by atoms with Crippen LogP contribution in [0.2, 0.25) is 0 Å². The zero-order valence-electron chi connectivity index (χ0n) is 39.8. The van der Waals surface area contributed by atoms with Gasteiger partial charge in [-0.1, -0.05) is 53.2 Å². The Labute approximate surface area is 392 Å². The van der Waals surface area contributed by atoms with E-state index in [0.29, 0.717) is 32.1 Å². The molecule has 4 saturated carbocycles. The Balaban J connectivity index is 0.985. The maximum absolute atomic E-state index is 15.0. The van der Waals surface area contributed by atoms with Crippen LogP contribution < -0.4 is 0 Å². The largest absolute Gasteiger partial charge is 0.432 e. The zero-order valence-corrected chi connectivity index (χ0v) is 39.8. The van der Waals surface area contributed by atoms with E-state index in [1.807, 2.05) is 6.92 Å². The number of allylic oxidation sites excluding steroid dienone is 2. The molecule has 8 rings (SSSR count). The standard InChI is InChI=1S/C48H78O19/c1-20-10-13-48(15-14-46(6)23(29(48)21(20)2)8-9-28-44(4)16-24(51)39(60)45(5,19-50)27(44)11-12-47(28,46)7)43(61)67-42-36(58)33(55)31(53)26(65-42)18-62-40-37(59)34(56)38(25(17-49)64-40)66-41-35(57)32(54)30(52)22(3)63-41/h8,20-22,24-42,49-60H,9-19H2,1-7H3/t20-,21+,22+,24-,25-,26-,27?,28-,29+,30+,31-,32-,33+,34-,35-,36-,37-,38-,39+,40?,41?,42+,44+,45+,46-,47-,48+/m1/s1. The highest BCUT2D eigenvalue weighted by molar-refractivity contribution is 5.79. The molecule has 67 heavy (non-hydrogen) atoms. The molecule has 384 valence electrons. The van der Waals surface area contributed by atoms with Crippen LogP contribution in [0.4, 0.5) is 0 Å². The number of carbonyl (C=O) groups is 1. The SMILES string of the molecule is C[C@H]1[C@H](C)CC[C@]2(C(=O)O[C@@H]3O[C@H](COC4O[C@H](CO)[C@@H](OC5O[C@@H](C)[C@H](O)[C@@H](O)[C@H]5O)[C@H](O)[C@H]4O)[C@@H](O)[C@H](O)[C@H]3O)CC[C@]3(C)C(=CC[C@@H]4[C@@]5(C)C[C@@H](O)[C@H](O)[C@@](C)(CO)C5CC[C@]43C)[C@H]12. The van der Waals surface area contributed by atoms with Crippen molar-refractivity contribution in [3.63, 3.8) is 0 Å². The van der Waals surface area contributed by atoms with Crippen molar-refractivity contribution in [1.82, 2.24) is 0 Å². The highest BCUT2D eigenvalue weighted by atomic mass is 16.8. The fraction of sp³-hybridized carbons (Fsp3) is 0.938. The molecule has 0 spiro atoms. The number of ether oxygens (including phenoxy) is 6. The molecular formula is C48H78O19. The summed E-state index contributed by atoms with van der Waals surface area (Å²) in [5.41, 5.74) is -1.64. The second kappa shape index (κ2) is 18.5. The third-order valence-corrected chi connectivity index (χ3v) is 19.7. The van der Waals surface area contributed by atoms with Crippen LogP contribution in [0.15, 0.2) is 11.6 Å². The number of aliphatic hydroxyl groups is 12. The molecule has 0 aromatic carbocycles.